The fourth-order valence-corrected chi connectivity index (χ4v) is 3.12. The maximum atomic E-state index is 10.6. The molecule has 2 unspecified atom stereocenters. The van der Waals surface area contributed by atoms with E-state index in [1.54, 1.807) is 6.08 Å². The first-order valence-corrected chi connectivity index (χ1v) is 7.85. The number of benzene rings is 1. The number of carbonyl (C=O) groups is 1. The van der Waals surface area contributed by atoms with Crippen LogP contribution < -0.4 is 4.90 Å². The summed E-state index contributed by atoms with van der Waals surface area (Å²) in [7, 11) is 2.17. The number of carboxylic acids is 1. The summed E-state index contributed by atoms with van der Waals surface area (Å²) in [6.45, 7) is 6.47. The average Bonchev–Trinajstić information content (AvgIpc) is 2.42. The Kier molecular flexibility index (Phi) is 5.06. The van der Waals surface area contributed by atoms with Gasteiger partial charge in [-0.2, -0.15) is 0 Å². The van der Waals surface area contributed by atoms with Crippen molar-refractivity contribution >= 4 is 33.7 Å². The van der Waals surface area contributed by atoms with Gasteiger partial charge in [-0.3, -0.25) is 4.90 Å². The largest absolute Gasteiger partial charge is 0.478 e. The minimum absolute atomic E-state index is 0.513. The summed E-state index contributed by atoms with van der Waals surface area (Å²) in [5, 5.41) is 8.69. The number of piperazine rings is 1. The van der Waals surface area contributed by atoms with Crippen molar-refractivity contribution in [3.63, 3.8) is 0 Å². The van der Waals surface area contributed by atoms with E-state index in [1.165, 1.54) is 5.69 Å². The van der Waals surface area contributed by atoms with Crippen molar-refractivity contribution in [3.05, 3.63) is 34.3 Å². The van der Waals surface area contributed by atoms with Crippen LogP contribution in [0.25, 0.3) is 6.08 Å². The minimum atomic E-state index is -0.937. The molecule has 1 fully saturated rings. The van der Waals surface area contributed by atoms with Crippen molar-refractivity contribution in [1.29, 1.82) is 0 Å². The molecule has 1 saturated heterocycles. The second-order valence-corrected chi connectivity index (χ2v) is 6.50. The van der Waals surface area contributed by atoms with Gasteiger partial charge in [0.2, 0.25) is 0 Å². The van der Waals surface area contributed by atoms with E-state index in [4.69, 9.17) is 5.11 Å². The van der Waals surface area contributed by atoms with E-state index in [9.17, 15) is 4.79 Å². The van der Waals surface area contributed by atoms with Crippen LogP contribution in [0, 0.1) is 0 Å². The van der Waals surface area contributed by atoms with Gasteiger partial charge < -0.3 is 10.0 Å². The monoisotopic (exact) mass is 352 g/mol. The molecule has 0 radical (unpaired) electrons. The summed E-state index contributed by atoms with van der Waals surface area (Å²) in [4.78, 5) is 15.4. The van der Waals surface area contributed by atoms with Crippen molar-refractivity contribution in [2.24, 2.45) is 0 Å². The zero-order valence-corrected chi connectivity index (χ0v) is 14.2. The second-order valence-electron chi connectivity index (χ2n) is 5.65. The van der Waals surface area contributed by atoms with Crippen LogP contribution in [0.2, 0.25) is 0 Å². The zero-order valence-electron chi connectivity index (χ0n) is 12.6. The number of hydrogen-bond acceptors (Lipinski definition) is 3. The molecule has 0 spiro atoms. The number of rotatable bonds is 3. The minimum Gasteiger partial charge on any atom is -0.478 e. The number of halogens is 1. The Morgan fingerprint density at radius 3 is 2.48 bits per heavy atom. The van der Waals surface area contributed by atoms with Crippen molar-refractivity contribution in [2.75, 3.05) is 25.0 Å². The molecule has 21 heavy (non-hydrogen) atoms. The van der Waals surface area contributed by atoms with Gasteiger partial charge in [0.05, 0.1) is 0 Å². The highest BCUT2D eigenvalue weighted by Gasteiger charge is 2.26. The van der Waals surface area contributed by atoms with Gasteiger partial charge in [-0.25, -0.2) is 4.79 Å². The Hall–Kier alpha value is -1.33. The molecule has 1 aromatic rings. The standard InChI is InChI=1S/C16H21BrN2O2/c1-11-9-19(10-12(2)18(11)3)14-6-4-13(15(17)8-14)5-7-16(20)21/h4-8,11-12H,9-10H2,1-3H3,(H,20,21)/b7-5+. The van der Waals surface area contributed by atoms with Crippen LogP contribution in [0.1, 0.15) is 19.4 Å². The van der Waals surface area contributed by atoms with Gasteiger partial charge >= 0.3 is 5.97 Å². The van der Waals surface area contributed by atoms with E-state index in [0.29, 0.717) is 12.1 Å². The van der Waals surface area contributed by atoms with Crippen molar-refractivity contribution < 1.29 is 9.90 Å². The molecule has 0 saturated carbocycles. The van der Waals surface area contributed by atoms with Crippen molar-refractivity contribution in [2.45, 2.75) is 25.9 Å². The van der Waals surface area contributed by atoms with Crippen LogP contribution in [0.15, 0.2) is 28.7 Å². The van der Waals surface area contributed by atoms with Gasteiger partial charge in [0.1, 0.15) is 0 Å². The Morgan fingerprint density at radius 2 is 1.95 bits per heavy atom. The molecule has 114 valence electrons. The number of hydrogen-bond donors (Lipinski definition) is 1. The van der Waals surface area contributed by atoms with Gasteiger partial charge in [-0.05, 0) is 44.7 Å². The van der Waals surface area contributed by atoms with Gasteiger partial charge in [0.15, 0.2) is 0 Å². The molecule has 1 aliphatic heterocycles. The smallest absolute Gasteiger partial charge is 0.328 e. The lowest BCUT2D eigenvalue weighted by atomic mass is 10.1. The van der Waals surface area contributed by atoms with E-state index in [-0.39, 0.29) is 0 Å². The van der Waals surface area contributed by atoms with Crippen molar-refractivity contribution in [3.8, 4) is 0 Å². The predicted molar refractivity (Wildman–Crippen MR) is 89.7 cm³/mol. The third kappa shape index (κ3) is 3.86. The molecule has 0 aliphatic carbocycles. The molecule has 1 aromatic carbocycles. The number of aliphatic carboxylic acids is 1. The topological polar surface area (TPSA) is 43.8 Å². The number of nitrogens with zero attached hydrogens (tertiary/aromatic N) is 2. The molecular formula is C16H21BrN2O2. The van der Waals surface area contributed by atoms with E-state index in [0.717, 1.165) is 29.2 Å². The normalized spacial score (nSPS) is 23.7. The molecule has 4 nitrogen and oxygen atoms in total. The molecule has 1 N–H and O–H groups in total. The van der Waals surface area contributed by atoms with Crippen LogP contribution in [0.5, 0.6) is 0 Å². The Labute approximate surface area is 134 Å². The lowest BCUT2D eigenvalue weighted by molar-refractivity contribution is -0.131. The quantitative estimate of drug-likeness (QED) is 0.849. The van der Waals surface area contributed by atoms with E-state index >= 15 is 0 Å². The van der Waals surface area contributed by atoms with E-state index in [2.05, 4.69) is 58.8 Å². The molecule has 0 aromatic heterocycles. The SMILES string of the molecule is CC1CN(c2ccc(/C=C/C(=O)O)c(Br)c2)CC(C)N1C. The highest BCUT2D eigenvalue weighted by Crippen LogP contribution is 2.27. The van der Waals surface area contributed by atoms with Crippen LogP contribution in [-0.4, -0.2) is 48.2 Å². The van der Waals surface area contributed by atoms with Crippen LogP contribution in [-0.2, 0) is 4.79 Å². The van der Waals surface area contributed by atoms with Crippen LogP contribution in [0.3, 0.4) is 0 Å². The Balaban J connectivity index is 2.18. The molecule has 0 bridgehead atoms. The predicted octanol–water partition coefficient (Wildman–Crippen LogP) is 3.08. The maximum absolute atomic E-state index is 10.6. The molecule has 5 heteroatoms. The molecular weight excluding hydrogens is 332 g/mol. The molecule has 1 heterocycles. The second kappa shape index (κ2) is 6.62. The van der Waals surface area contributed by atoms with Crippen LogP contribution in [0.4, 0.5) is 5.69 Å². The number of likely N-dealkylation sites (N-methyl/N-ethyl adjacent to an activating group) is 1. The fraction of sp³-hybridized carbons (Fsp3) is 0.438. The van der Waals surface area contributed by atoms with Gasteiger partial charge in [-0.1, -0.05) is 22.0 Å². The summed E-state index contributed by atoms with van der Waals surface area (Å²) in [6, 6.07) is 7.09. The first kappa shape index (κ1) is 16.0. The Morgan fingerprint density at radius 1 is 1.33 bits per heavy atom. The van der Waals surface area contributed by atoms with E-state index in [1.807, 2.05) is 6.07 Å². The summed E-state index contributed by atoms with van der Waals surface area (Å²) >= 11 is 3.52. The van der Waals surface area contributed by atoms with Crippen molar-refractivity contribution in [1.82, 2.24) is 4.90 Å². The average molecular weight is 353 g/mol. The maximum Gasteiger partial charge on any atom is 0.328 e. The molecule has 1 aliphatic rings. The first-order valence-electron chi connectivity index (χ1n) is 7.06. The zero-order chi connectivity index (χ0) is 15.6. The summed E-state index contributed by atoms with van der Waals surface area (Å²) < 4.78 is 0.914. The lowest BCUT2D eigenvalue weighted by Crippen LogP contribution is -2.55. The third-order valence-corrected chi connectivity index (χ3v) is 4.80. The summed E-state index contributed by atoms with van der Waals surface area (Å²) in [5.41, 5.74) is 2.04. The summed E-state index contributed by atoms with van der Waals surface area (Å²) in [6.07, 6.45) is 2.76. The lowest BCUT2D eigenvalue weighted by Gasteiger charge is -2.43. The van der Waals surface area contributed by atoms with Gasteiger partial charge in [0, 0.05) is 41.4 Å². The molecule has 2 rings (SSSR count). The van der Waals surface area contributed by atoms with Crippen LogP contribution >= 0.6 is 15.9 Å². The number of anilines is 1. The highest BCUT2D eigenvalue weighted by molar-refractivity contribution is 9.10. The third-order valence-electron chi connectivity index (χ3n) is 4.11. The molecule has 0 amide bonds. The fourth-order valence-electron chi connectivity index (χ4n) is 2.62. The van der Waals surface area contributed by atoms with Gasteiger partial charge in [0.25, 0.3) is 0 Å². The van der Waals surface area contributed by atoms with E-state index < -0.39 is 5.97 Å². The highest BCUT2D eigenvalue weighted by atomic mass is 79.9. The Bertz CT molecular complexity index is 547. The molecule has 2 atom stereocenters. The van der Waals surface area contributed by atoms with Gasteiger partial charge in [-0.15, -0.1) is 0 Å². The first-order chi connectivity index (χ1) is 9.88. The summed E-state index contributed by atoms with van der Waals surface area (Å²) in [5.74, 6) is -0.937. The number of carboxylic acid groups (broad SMARTS) is 1.